The summed E-state index contributed by atoms with van der Waals surface area (Å²) in [5, 5.41) is 0. The molecule has 7 heteroatoms. The maximum absolute atomic E-state index is 5.01. The summed E-state index contributed by atoms with van der Waals surface area (Å²) in [4.78, 5) is 21.3. The third-order valence-electron chi connectivity index (χ3n) is 4.71. The molecule has 1 aliphatic heterocycles. The number of imidazole rings is 1. The molecule has 0 aliphatic carbocycles. The first-order valence-corrected chi connectivity index (χ1v) is 8.44. The van der Waals surface area contributed by atoms with Gasteiger partial charge in [-0.05, 0) is 31.7 Å². The van der Waals surface area contributed by atoms with Gasteiger partial charge in [-0.25, -0.2) is 15.0 Å². The number of hydrogen-bond acceptors (Lipinski definition) is 6. The fourth-order valence-electron chi connectivity index (χ4n) is 3.20. The number of nitrogens with zero attached hydrogens (tertiary/aromatic N) is 5. The van der Waals surface area contributed by atoms with Crippen LogP contribution in [0.25, 0.3) is 22.4 Å². The topological polar surface area (TPSA) is 70.2 Å². The zero-order valence-corrected chi connectivity index (χ0v) is 14.8. The molecule has 4 rings (SSSR count). The number of ether oxygens (including phenoxy) is 1. The fourth-order valence-corrected chi connectivity index (χ4v) is 3.20. The summed E-state index contributed by atoms with van der Waals surface area (Å²) in [6.45, 7) is 6.39. The highest BCUT2D eigenvalue weighted by Crippen LogP contribution is 2.28. The molecule has 0 amide bonds. The van der Waals surface area contributed by atoms with Crippen LogP contribution in [0.5, 0.6) is 6.01 Å². The SMILES string of the molecule is COc1ncc(-c2nc3c(C)cc(N4CCN(C)CC4)cc3[nH]2)cn1. The molecule has 2 aromatic heterocycles. The van der Waals surface area contributed by atoms with E-state index < -0.39 is 0 Å². The smallest absolute Gasteiger partial charge is 0.316 e. The van der Waals surface area contributed by atoms with E-state index >= 15 is 0 Å². The number of nitrogens with one attached hydrogen (secondary N) is 1. The zero-order chi connectivity index (χ0) is 17.4. The summed E-state index contributed by atoms with van der Waals surface area (Å²) >= 11 is 0. The van der Waals surface area contributed by atoms with E-state index in [-0.39, 0.29) is 0 Å². The molecule has 0 bridgehead atoms. The summed E-state index contributed by atoms with van der Waals surface area (Å²) < 4.78 is 5.01. The maximum Gasteiger partial charge on any atom is 0.316 e. The Morgan fingerprint density at radius 2 is 1.80 bits per heavy atom. The van der Waals surface area contributed by atoms with Gasteiger partial charge in [0.25, 0.3) is 0 Å². The minimum Gasteiger partial charge on any atom is -0.467 e. The minimum atomic E-state index is 0.355. The molecule has 1 fully saturated rings. The predicted octanol–water partition coefficient (Wildman–Crippen LogP) is 2.09. The first kappa shape index (κ1) is 15.8. The lowest BCUT2D eigenvalue weighted by Crippen LogP contribution is -2.44. The van der Waals surface area contributed by atoms with Crippen molar-refractivity contribution >= 4 is 16.7 Å². The Labute approximate surface area is 146 Å². The van der Waals surface area contributed by atoms with Gasteiger partial charge >= 0.3 is 6.01 Å². The molecule has 1 aromatic carbocycles. The second-order valence-electron chi connectivity index (χ2n) is 6.49. The number of fused-ring (bicyclic) bond motifs is 1. The monoisotopic (exact) mass is 338 g/mol. The highest BCUT2D eigenvalue weighted by Gasteiger charge is 2.17. The molecule has 1 saturated heterocycles. The number of likely N-dealkylation sites (N-methyl/N-ethyl adjacent to an activating group) is 1. The number of methoxy groups -OCH3 is 1. The second-order valence-corrected chi connectivity index (χ2v) is 6.49. The number of benzene rings is 1. The third kappa shape index (κ3) is 3.02. The summed E-state index contributed by atoms with van der Waals surface area (Å²) in [6, 6.07) is 4.77. The molecule has 25 heavy (non-hydrogen) atoms. The van der Waals surface area contributed by atoms with Crippen molar-refractivity contribution in [2.45, 2.75) is 6.92 Å². The van der Waals surface area contributed by atoms with Crippen molar-refractivity contribution in [1.82, 2.24) is 24.8 Å². The van der Waals surface area contributed by atoms with Gasteiger partial charge in [-0.15, -0.1) is 0 Å². The van der Waals surface area contributed by atoms with Gasteiger partial charge in [0.05, 0.1) is 23.7 Å². The Balaban J connectivity index is 1.69. The van der Waals surface area contributed by atoms with Crippen LogP contribution in [-0.2, 0) is 0 Å². The molecule has 0 spiro atoms. The molecule has 0 radical (unpaired) electrons. The van der Waals surface area contributed by atoms with Gasteiger partial charge in [-0.1, -0.05) is 0 Å². The Kier molecular flexibility index (Phi) is 4.01. The summed E-state index contributed by atoms with van der Waals surface area (Å²) in [5.41, 5.74) is 5.30. The van der Waals surface area contributed by atoms with E-state index in [0.717, 1.165) is 48.6 Å². The molecule has 0 saturated carbocycles. The van der Waals surface area contributed by atoms with E-state index in [4.69, 9.17) is 9.72 Å². The van der Waals surface area contributed by atoms with E-state index in [2.05, 4.69) is 50.9 Å². The molecule has 3 aromatic rings. The van der Waals surface area contributed by atoms with Gasteiger partial charge < -0.3 is 19.5 Å². The van der Waals surface area contributed by atoms with Crippen molar-refractivity contribution < 1.29 is 4.74 Å². The largest absolute Gasteiger partial charge is 0.467 e. The number of aryl methyl sites for hydroxylation is 1. The highest BCUT2D eigenvalue weighted by molar-refractivity contribution is 5.85. The van der Waals surface area contributed by atoms with Crippen LogP contribution in [0.2, 0.25) is 0 Å². The molecule has 1 aliphatic rings. The number of anilines is 1. The van der Waals surface area contributed by atoms with E-state index in [1.165, 1.54) is 11.3 Å². The highest BCUT2D eigenvalue weighted by atomic mass is 16.5. The van der Waals surface area contributed by atoms with Gasteiger partial charge in [0.15, 0.2) is 0 Å². The fraction of sp³-hybridized carbons (Fsp3) is 0.389. The summed E-state index contributed by atoms with van der Waals surface area (Å²) in [7, 11) is 3.73. The lowest BCUT2D eigenvalue weighted by molar-refractivity contribution is 0.313. The van der Waals surface area contributed by atoms with Crippen LogP contribution in [-0.4, -0.2) is 65.2 Å². The normalized spacial score (nSPS) is 15.7. The molecule has 3 heterocycles. The van der Waals surface area contributed by atoms with E-state index in [0.29, 0.717) is 6.01 Å². The second kappa shape index (κ2) is 6.33. The molecule has 1 N–H and O–H groups in total. The predicted molar refractivity (Wildman–Crippen MR) is 98.1 cm³/mol. The number of H-pyrrole nitrogens is 1. The number of piperazine rings is 1. The zero-order valence-electron chi connectivity index (χ0n) is 14.8. The number of aromatic nitrogens is 4. The van der Waals surface area contributed by atoms with Crippen LogP contribution in [0.3, 0.4) is 0 Å². The molecular formula is C18H22N6O. The van der Waals surface area contributed by atoms with Crippen molar-refractivity contribution in [2.24, 2.45) is 0 Å². The Morgan fingerprint density at radius 1 is 1.08 bits per heavy atom. The van der Waals surface area contributed by atoms with Gasteiger partial charge in [0, 0.05) is 44.3 Å². The molecule has 130 valence electrons. The van der Waals surface area contributed by atoms with Crippen molar-refractivity contribution in [3.8, 4) is 17.4 Å². The molecular weight excluding hydrogens is 316 g/mol. The maximum atomic E-state index is 5.01. The number of hydrogen-bond donors (Lipinski definition) is 1. The standard InChI is InChI=1S/C18H22N6O/c1-12-8-14(24-6-4-23(2)5-7-24)9-15-16(12)22-17(21-15)13-10-19-18(25-3)20-11-13/h8-11H,4-7H2,1-3H3,(H,21,22). The quantitative estimate of drug-likeness (QED) is 0.788. The average Bonchev–Trinajstić information content (AvgIpc) is 3.07. The van der Waals surface area contributed by atoms with E-state index in [1.807, 2.05) is 0 Å². The van der Waals surface area contributed by atoms with Crippen molar-refractivity contribution in [1.29, 1.82) is 0 Å². The average molecular weight is 338 g/mol. The third-order valence-corrected chi connectivity index (χ3v) is 4.71. The van der Waals surface area contributed by atoms with Crippen molar-refractivity contribution in [2.75, 3.05) is 45.2 Å². The minimum absolute atomic E-state index is 0.355. The first-order valence-electron chi connectivity index (χ1n) is 8.44. The van der Waals surface area contributed by atoms with Crippen LogP contribution in [0.4, 0.5) is 5.69 Å². The van der Waals surface area contributed by atoms with Crippen LogP contribution in [0, 0.1) is 6.92 Å². The Hall–Kier alpha value is -2.67. The number of aromatic amines is 1. The lowest BCUT2D eigenvalue weighted by atomic mass is 10.1. The van der Waals surface area contributed by atoms with Gasteiger partial charge in [-0.3, -0.25) is 0 Å². The van der Waals surface area contributed by atoms with Gasteiger partial charge in [0.1, 0.15) is 5.82 Å². The van der Waals surface area contributed by atoms with Crippen molar-refractivity contribution in [3.05, 3.63) is 30.1 Å². The number of rotatable bonds is 3. The molecule has 0 unspecified atom stereocenters. The molecule has 7 nitrogen and oxygen atoms in total. The van der Waals surface area contributed by atoms with Gasteiger partial charge in [0.2, 0.25) is 0 Å². The summed E-state index contributed by atoms with van der Waals surface area (Å²) in [6.07, 6.45) is 3.44. The van der Waals surface area contributed by atoms with Crippen LogP contribution in [0.15, 0.2) is 24.5 Å². The Morgan fingerprint density at radius 3 is 2.48 bits per heavy atom. The van der Waals surface area contributed by atoms with Crippen molar-refractivity contribution in [3.63, 3.8) is 0 Å². The van der Waals surface area contributed by atoms with Crippen LogP contribution >= 0.6 is 0 Å². The van der Waals surface area contributed by atoms with Crippen LogP contribution < -0.4 is 9.64 Å². The Bertz CT molecular complexity index is 880. The first-order chi connectivity index (χ1) is 12.1. The van der Waals surface area contributed by atoms with Crippen LogP contribution in [0.1, 0.15) is 5.56 Å². The summed E-state index contributed by atoms with van der Waals surface area (Å²) in [5.74, 6) is 0.774. The van der Waals surface area contributed by atoms with Gasteiger partial charge in [-0.2, -0.15) is 0 Å². The van der Waals surface area contributed by atoms with E-state index in [9.17, 15) is 0 Å². The lowest BCUT2D eigenvalue weighted by Gasteiger charge is -2.34. The van der Waals surface area contributed by atoms with E-state index in [1.54, 1.807) is 19.5 Å². The molecule has 0 atom stereocenters.